The quantitative estimate of drug-likeness (QED) is 0.613. The fourth-order valence-corrected chi connectivity index (χ4v) is 4.59. The summed E-state index contributed by atoms with van der Waals surface area (Å²) in [4.78, 5) is 6.85. The van der Waals surface area contributed by atoms with Crippen LogP contribution in [0.5, 0.6) is 0 Å². The first-order valence-electron chi connectivity index (χ1n) is 8.22. The Morgan fingerprint density at radius 1 is 1.35 bits per heavy atom. The zero-order chi connectivity index (χ0) is 14.2. The number of hydrogen-bond donors (Lipinski definition) is 2. The van der Waals surface area contributed by atoms with Crippen LogP contribution in [0.25, 0.3) is 0 Å². The predicted molar refractivity (Wildman–Crippen MR) is 81.5 cm³/mol. The summed E-state index contributed by atoms with van der Waals surface area (Å²) in [5.74, 6) is 1.41. The molecule has 0 aromatic rings. The molecule has 0 bridgehead atoms. The third-order valence-electron chi connectivity index (χ3n) is 5.81. The van der Waals surface area contributed by atoms with Crippen LogP contribution in [0.1, 0.15) is 51.9 Å². The number of aliphatic imine (C=N–C) groups is 1. The van der Waals surface area contributed by atoms with Gasteiger partial charge < -0.3 is 15.7 Å². The number of aliphatic hydroxyl groups excluding tert-OH is 1. The summed E-state index contributed by atoms with van der Waals surface area (Å²) >= 11 is 0. The second kappa shape index (κ2) is 5.21. The van der Waals surface area contributed by atoms with E-state index >= 15 is 0 Å². The van der Waals surface area contributed by atoms with Gasteiger partial charge in [0, 0.05) is 18.5 Å². The molecule has 1 spiro atoms. The van der Waals surface area contributed by atoms with Crippen LogP contribution in [-0.4, -0.2) is 42.2 Å². The molecule has 3 N–H and O–H groups in total. The smallest absolute Gasteiger partial charge is 0.191 e. The number of aliphatic hydroxyl groups is 1. The van der Waals surface area contributed by atoms with Gasteiger partial charge in [-0.25, -0.2) is 0 Å². The van der Waals surface area contributed by atoms with Crippen molar-refractivity contribution in [2.75, 3.05) is 26.2 Å². The molecule has 114 valence electrons. The highest BCUT2D eigenvalue weighted by Gasteiger charge is 2.56. The molecule has 1 saturated heterocycles. The molecule has 1 atom stereocenters. The summed E-state index contributed by atoms with van der Waals surface area (Å²) in [6.45, 7) is 5.33. The van der Waals surface area contributed by atoms with Crippen molar-refractivity contribution in [3.05, 3.63) is 0 Å². The van der Waals surface area contributed by atoms with E-state index in [1.54, 1.807) is 0 Å². The number of likely N-dealkylation sites (tertiary alicyclic amines) is 1. The normalized spacial score (nSPS) is 31.8. The van der Waals surface area contributed by atoms with Crippen molar-refractivity contribution in [3.8, 4) is 0 Å². The van der Waals surface area contributed by atoms with Crippen LogP contribution in [0.3, 0.4) is 0 Å². The molecule has 2 aliphatic carbocycles. The van der Waals surface area contributed by atoms with E-state index in [1.807, 2.05) is 0 Å². The highest BCUT2D eigenvalue weighted by atomic mass is 16.3. The van der Waals surface area contributed by atoms with Crippen molar-refractivity contribution in [3.63, 3.8) is 0 Å². The third-order valence-corrected chi connectivity index (χ3v) is 5.81. The Balaban J connectivity index is 1.55. The summed E-state index contributed by atoms with van der Waals surface area (Å²) in [6, 6.07) is 0. The van der Waals surface area contributed by atoms with E-state index < -0.39 is 0 Å². The van der Waals surface area contributed by atoms with E-state index in [1.165, 1.54) is 32.1 Å². The Bertz CT molecular complexity index is 381. The molecule has 3 rings (SSSR count). The van der Waals surface area contributed by atoms with Gasteiger partial charge in [-0.3, -0.25) is 4.99 Å². The molecule has 3 aliphatic rings. The van der Waals surface area contributed by atoms with E-state index in [4.69, 9.17) is 5.73 Å². The van der Waals surface area contributed by atoms with Crippen LogP contribution in [0.4, 0.5) is 0 Å². The van der Waals surface area contributed by atoms with Gasteiger partial charge in [-0.15, -0.1) is 0 Å². The van der Waals surface area contributed by atoms with Crippen molar-refractivity contribution >= 4 is 5.96 Å². The van der Waals surface area contributed by atoms with E-state index in [9.17, 15) is 5.11 Å². The first kappa shape index (κ1) is 14.2. The lowest BCUT2D eigenvalue weighted by atomic mass is 9.45. The summed E-state index contributed by atoms with van der Waals surface area (Å²) in [7, 11) is 0. The molecule has 1 heterocycles. The van der Waals surface area contributed by atoms with Gasteiger partial charge in [-0.1, -0.05) is 13.3 Å². The number of hydrogen-bond acceptors (Lipinski definition) is 2. The Morgan fingerprint density at radius 2 is 2.10 bits per heavy atom. The van der Waals surface area contributed by atoms with Crippen molar-refractivity contribution < 1.29 is 5.11 Å². The highest BCUT2D eigenvalue weighted by molar-refractivity contribution is 5.78. The van der Waals surface area contributed by atoms with Gasteiger partial charge in [0.05, 0.1) is 13.2 Å². The first-order valence-corrected chi connectivity index (χ1v) is 8.22. The van der Waals surface area contributed by atoms with E-state index in [-0.39, 0.29) is 12.0 Å². The largest absolute Gasteiger partial charge is 0.396 e. The second-order valence-electron chi connectivity index (χ2n) is 7.73. The first-order chi connectivity index (χ1) is 9.56. The van der Waals surface area contributed by atoms with Crippen molar-refractivity contribution in [1.82, 2.24) is 4.90 Å². The molecule has 0 radical (unpaired) electrons. The molecule has 1 aliphatic heterocycles. The Labute approximate surface area is 122 Å². The summed E-state index contributed by atoms with van der Waals surface area (Å²) in [6.07, 6.45) is 8.92. The number of nitrogens with two attached hydrogens (primary N) is 1. The Kier molecular flexibility index (Phi) is 3.69. The topological polar surface area (TPSA) is 61.8 Å². The lowest BCUT2D eigenvalue weighted by Gasteiger charge is -2.60. The van der Waals surface area contributed by atoms with Gasteiger partial charge in [0.2, 0.25) is 0 Å². The van der Waals surface area contributed by atoms with Crippen molar-refractivity contribution in [2.45, 2.75) is 51.9 Å². The van der Waals surface area contributed by atoms with Crippen LogP contribution in [0, 0.1) is 16.7 Å². The SMILES string of the molecule is CC1CCCN(C(N)=NCC2(CO)CC3(CCC3)C2)C1. The Hall–Kier alpha value is -0.770. The molecule has 0 aromatic heterocycles. The van der Waals surface area contributed by atoms with Crippen LogP contribution in [0.15, 0.2) is 4.99 Å². The van der Waals surface area contributed by atoms with Gasteiger partial charge in [0.15, 0.2) is 5.96 Å². The fraction of sp³-hybridized carbons (Fsp3) is 0.938. The lowest BCUT2D eigenvalue weighted by Crippen LogP contribution is -2.54. The van der Waals surface area contributed by atoms with Gasteiger partial charge in [-0.05, 0) is 49.9 Å². The zero-order valence-corrected chi connectivity index (χ0v) is 12.8. The standard InChI is InChI=1S/C16H29N3O/c1-13-4-2-7-19(8-13)14(17)18-11-16(12-20)9-15(10-16)5-3-6-15/h13,20H,2-12H2,1H3,(H2,17,18). The van der Waals surface area contributed by atoms with Crippen LogP contribution >= 0.6 is 0 Å². The minimum atomic E-state index is 0.0342. The molecule has 2 saturated carbocycles. The van der Waals surface area contributed by atoms with Crippen molar-refractivity contribution in [1.29, 1.82) is 0 Å². The van der Waals surface area contributed by atoms with Crippen LogP contribution in [0.2, 0.25) is 0 Å². The van der Waals surface area contributed by atoms with Gasteiger partial charge in [0.1, 0.15) is 0 Å². The molecule has 20 heavy (non-hydrogen) atoms. The van der Waals surface area contributed by atoms with Gasteiger partial charge >= 0.3 is 0 Å². The average Bonchev–Trinajstić information content (AvgIpc) is 2.36. The predicted octanol–water partition coefficient (Wildman–Crippen LogP) is 1.98. The molecular formula is C16H29N3O. The molecule has 4 nitrogen and oxygen atoms in total. The number of piperidine rings is 1. The van der Waals surface area contributed by atoms with Gasteiger partial charge in [0.25, 0.3) is 0 Å². The minimum absolute atomic E-state index is 0.0342. The third kappa shape index (κ3) is 2.54. The number of nitrogens with zero attached hydrogens (tertiary/aromatic N) is 2. The molecule has 4 heteroatoms. The van der Waals surface area contributed by atoms with E-state index in [2.05, 4.69) is 16.8 Å². The van der Waals surface area contributed by atoms with Crippen LogP contribution < -0.4 is 5.73 Å². The monoisotopic (exact) mass is 279 g/mol. The molecule has 0 aromatic carbocycles. The van der Waals surface area contributed by atoms with Gasteiger partial charge in [-0.2, -0.15) is 0 Å². The molecule has 0 amide bonds. The second-order valence-corrected chi connectivity index (χ2v) is 7.73. The zero-order valence-electron chi connectivity index (χ0n) is 12.8. The summed E-state index contributed by atoms with van der Waals surface area (Å²) in [5.41, 5.74) is 6.77. The molecular weight excluding hydrogens is 250 g/mol. The summed E-state index contributed by atoms with van der Waals surface area (Å²) < 4.78 is 0. The number of rotatable bonds is 3. The average molecular weight is 279 g/mol. The van der Waals surface area contributed by atoms with E-state index in [0.717, 1.165) is 25.9 Å². The maximum absolute atomic E-state index is 9.73. The Morgan fingerprint density at radius 3 is 2.65 bits per heavy atom. The lowest BCUT2D eigenvalue weighted by molar-refractivity contribution is -0.115. The van der Waals surface area contributed by atoms with Crippen LogP contribution in [-0.2, 0) is 0 Å². The van der Waals surface area contributed by atoms with E-state index in [0.29, 0.717) is 23.8 Å². The molecule has 3 fully saturated rings. The maximum atomic E-state index is 9.73. The van der Waals surface area contributed by atoms with Crippen molar-refractivity contribution in [2.24, 2.45) is 27.5 Å². The summed E-state index contributed by atoms with van der Waals surface area (Å²) in [5, 5.41) is 9.73. The number of guanidine groups is 1. The maximum Gasteiger partial charge on any atom is 0.191 e. The molecule has 1 unspecified atom stereocenters. The highest BCUT2D eigenvalue weighted by Crippen LogP contribution is 2.64. The minimum Gasteiger partial charge on any atom is -0.396 e. The fourth-order valence-electron chi connectivity index (χ4n) is 4.59.